The Balaban J connectivity index is 1.04. The predicted molar refractivity (Wildman–Crippen MR) is 230 cm³/mol. The molecule has 0 bridgehead atoms. The number of nitrogens with zero attached hydrogens (tertiary/aromatic N) is 1. The van der Waals surface area contributed by atoms with E-state index in [-0.39, 0.29) is 11.5 Å². The van der Waals surface area contributed by atoms with Crippen molar-refractivity contribution < 1.29 is 0 Å². The summed E-state index contributed by atoms with van der Waals surface area (Å²) in [6.07, 6.45) is 8.04. The quantitative estimate of drug-likeness (QED) is 0.168. The molecule has 3 aliphatic carbocycles. The first kappa shape index (κ1) is 32.5. The third-order valence-electron chi connectivity index (χ3n) is 12.3. The fourth-order valence-corrected chi connectivity index (χ4v) is 9.52. The average molecular weight is 694 g/mol. The summed E-state index contributed by atoms with van der Waals surface area (Å²) < 4.78 is 0. The highest BCUT2D eigenvalue weighted by Crippen LogP contribution is 2.51. The maximum atomic E-state index is 2.56. The maximum absolute atomic E-state index is 2.56. The van der Waals surface area contributed by atoms with Crippen LogP contribution in [0.4, 0.5) is 11.4 Å². The number of anilines is 2. The molecule has 10 rings (SSSR count). The van der Waals surface area contributed by atoms with Crippen LogP contribution in [-0.2, 0) is 5.41 Å². The zero-order chi connectivity index (χ0) is 36.6. The molecule has 260 valence electrons. The molecule has 0 heterocycles. The smallest absolute Gasteiger partial charge is 0.0560 e. The molecule has 0 saturated heterocycles. The van der Waals surface area contributed by atoms with Crippen LogP contribution in [0.15, 0.2) is 170 Å². The van der Waals surface area contributed by atoms with Crippen LogP contribution >= 0.6 is 0 Å². The molecule has 1 atom stereocenters. The summed E-state index contributed by atoms with van der Waals surface area (Å²) in [7, 11) is 0. The minimum atomic E-state index is -0.0719. The minimum Gasteiger partial charge on any atom is -0.334 e. The molecule has 3 aliphatic rings. The van der Waals surface area contributed by atoms with E-state index in [0.717, 1.165) is 6.42 Å². The first-order valence-electron chi connectivity index (χ1n) is 19.3. The van der Waals surface area contributed by atoms with Crippen molar-refractivity contribution in [3.63, 3.8) is 0 Å². The summed E-state index contributed by atoms with van der Waals surface area (Å²) in [5, 5.41) is 2.69. The second-order valence-corrected chi connectivity index (χ2v) is 15.7. The van der Waals surface area contributed by atoms with E-state index in [2.05, 4.69) is 202 Å². The van der Waals surface area contributed by atoms with Crippen LogP contribution in [0.2, 0.25) is 0 Å². The van der Waals surface area contributed by atoms with E-state index in [0.29, 0.717) is 0 Å². The predicted octanol–water partition coefficient (Wildman–Crippen LogP) is 14.0. The lowest BCUT2D eigenvalue weighted by Crippen LogP contribution is -2.30. The number of rotatable bonds is 6. The van der Waals surface area contributed by atoms with Gasteiger partial charge < -0.3 is 4.90 Å². The van der Waals surface area contributed by atoms with Gasteiger partial charge in [-0.25, -0.2) is 0 Å². The van der Waals surface area contributed by atoms with Crippen LogP contribution in [0, 0.1) is 6.92 Å². The highest BCUT2D eigenvalue weighted by Gasteiger charge is 2.36. The highest BCUT2D eigenvalue weighted by molar-refractivity contribution is 6.17. The Hall–Kier alpha value is -6.18. The van der Waals surface area contributed by atoms with Gasteiger partial charge in [0, 0.05) is 16.8 Å². The number of fused-ring (bicyclic) bond motifs is 3. The Kier molecular flexibility index (Phi) is 7.49. The van der Waals surface area contributed by atoms with Crippen LogP contribution in [0.25, 0.3) is 49.7 Å². The molecule has 54 heavy (non-hydrogen) atoms. The first-order chi connectivity index (χ1) is 26.4. The number of aryl methyl sites for hydroxylation is 1. The molecular weight excluding hydrogens is 651 g/mol. The summed E-state index contributed by atoms with van der Waals surface area (Å²) in [6, 6.07) is 56.6. The second-order valence-electron chi connectivity index (χ2n) is 15.7. The fourth-order valence-electron chi connectivity index (χ4n) is 9.52. The summed E-state index contributed by atoms with van der Waals surface area (Å²) in [4.78, 5) is 2.56. The van der Waals surface area contributed by atoms with Gasteiger partial charge in [0.1, 0.15) is 0 Å². The minimum absolute atomic E-state index is 0.0719. The van der Waals surface area contributed by atoms with Gasteiger partial charge in [-0.1, -0.05) is 159 Å². The molecule has 0 aliphatic heterocycles. The van der Waals surface area contributed by atoms with Gasteiger partial charge in [-0.05, 0) is 133 Å². The van der Waals surface area contributed by atoms with E-state index in [1.54, 1.807) is 0 Å². The molecule has 1 heteroatoms. The number of hydrogen-bond donors (Lipinski definition) is 0. The molecule has 7 aromatic rings. The third-order valence-corrected chi connectivity index (χ3v) is 12.3. The van der Waals surface area contributed by atoms with Crippen molar-refractivity contribution in [2.75, 3.05) is 4.90 Å². The van der Waals surface area contributed by atoms with Crippen molar-refractivity contribution in [2.45, 2.75) is 45.6 Å². The summed E-state index contributed by atoms with van der Waals surface area (Å²) in [5.74, 6) is 0. The average Bonchev–Trinajstić information content (AvgIpc) is 3.62. The molecule has 0 fully saturated rings. The van der Waals surface area contributed by atoms with E-state index < -0.39 is 0 Å². The Morgan fingerprint density at radius 3 is 2.00 bits per heavy atom. The van der Waals surface area contributed by atoms with Crippen LogP contribution in [0.5, 0.6) is 0 Å². The van der Waals surface area contributed by atoms with Crippen molar-refractivity contribution >= 4 is 38.9 Å². The van der Waals surface area contributed by atoms with Crippen molar-refractivity contribution in [2.24, 2.45) is 0 Å². The zero-order valence-corrected chi connectivity index (χ0v) is 31.4. The SMILES string of the molecule is CC1=C(c2ccc(-c3cccc(N(c4ccc5c(c4)C(C)(C)c4ccccc4-5)C4C=CC(c5ccccc5)=CC4)c3)cc2C)c2cccc3cccc1c23. The van der Waals surface area contributed by atoms with Gasteiger partial charge in [0.05, 0.1) is 6.04 Å². The molecule has 0 amide bonds. The molecule has 0 aromatic heterocycles. The largest absolute Gasteiger partial charge is 0.334 e. The second kappa shape index (κ2) is 12.5. The van der Waals surface area contributed by atoms with Crippen LogP contribution in [0.1, 0.15) is 66.1 Å². The zero-order valence-electron chi connectivity index (χ0n) is 31.4. The molecule has 0 N–H and O–H groups in total. The topological polar surface area (TPSA) is 3.24 Å². The number of benzene rings is 7. The lowest BCUT2D eigenvalue weighted by atomic mass is 9.82. The van der Waals surface area contributed by atoms with Gasteiger partial charge >= 0.3 is 0 Å². The number of allylic oxidation sites excluding steroid dienone is 3. The molecule has 0 saturated carbocycles. The van der Waals surface area contributed by atoms with E-state index >= 15 is 0 Å². The monoisotopic (exact) mass is 693 g/mol. The normalized spacial score (nSPS) is 16.4. The van der Waals surface area contributed by atoms with E-state index in [4.69, 9.17) is 0 Å². The van der Waals surface area contributed by atoms with Crippen LogP contribution < -0.4 is 4.90 Å². The standard InChI is InChI=1S/C53H43N/c1-34-31-40(25-29-44(34)51-35(2)45-20-11-15-38-16-12-21-48(51)52(38)45)39-17-10-18-42(32-39)54(41-26-23-37(24-27-41)36-13-6-5-7-14-36)43-28-30-47-46-19-8-9-22-49(46)53(3,4)50(47)33-43/h5-26,28-33,41H,27H2,1-4H3. The van der Waals surface area contributed by atoms with Gasteiger partial charge in [0.25, 0.3) is 0 Å². The van der Waals surface area contributed by atoms with Gasteiger partial charge in [0.2, 0.25) is 0 Å². The van der Waals surface area contributed by atoms with Crippen molar-refractivity contribution in [1.29, 1.82) is 0 Å². The molecule has 0 radical (unpaired) electrons. The summed E-state index contributed by atoms with van der Waals surface area (Å²) in [5.41, 5.74) is 20.9. The van der Waals surface area contributed by atoms with Crippen molar-refractivity contribution in [3.05, 3.63) is 209 Å². The van der Waals surface area contributed by atoms with Gasteiger partial charge in [0.15, 0.2) is 0 Å². The molecule has 0 spiro atoms. The van der Waals surface area contributed by atoms with Gasteiger partial charge in [-0.2, -0.15) is 0 Å². The molecule has 1 unspecified atom stereocenters. The third kappa shape index (κ3) is 5.06. The van der Waals surface area contributed by atoms with Crippen LogP contribution in [0.3, 0.4) is 0 Å². The summed E-state index contributed by atoms with van der Waals surface area (Å²) >= 11 is 0. The van der Waals surface area contributed by atoms with E-state index in [9.17, 15) is 0 Å². The van der Waals surface area contributed by atoms with Crippen molar-refractivity contribution in [3.8, 4) is 22.3 Å². The Morgan fingerprint density at radius 1 is 0.537 bits per heavy atom. The molecule has 1 nitrogen and oxygen atoms in total. The Labute approximate surface area is 319 Å². The maximum Gasteiger partial charge on any atom is 0.0560 e. The summed E-state index contributed by atoms with van der Waals surface area (Å²) in [6.45, 7) is 9.30. The van der Waals surface area contributed by atoms with Gasteiger partial charge in [-0.3, -0.25) is 0 Å². The Morgan fingerprint density at radius 2 is 1.20 bits per heavy atom. The highest BCUT2D eigenvalue weighted by atomic mass is 15.2. The van der Waals surface area contributed by atoms with Crippen molar-refractivity contribution in [1.82, 2.24) is 0 Å². The first-order valence-corrected chi connectivity index (χ1v) is 19.3. The molecule has 7 aromatic carbocycles. The fraction of sp³-hybridized carbons (Fsp3) is 0.132. The lowest BCUT2D eigenvalue weighted by molar-refractivity contribution is 0.659. The van der Waals surface area contributed by atoms with Gasteiger partial charge in [-0.15, -0.1) is 0 Å². The lowest BCUT2D eigenvalue weighted by Gasteiger charge is -2.34. The molecular formula is C53H43N. The van der Waals surface area contributed by atoms with E-state index in [1.807, 2.05) is 0 Å². The van der Waals surface area contributed by atoms with E-state index in [1.165, 1.54) is 100 Å². The number of hydrogen-bond acceptors (Lipinski definition) is 1. The van der Waals surface area contributed by atoms with Crippen LogP contribution in [-0.4, -0.2) is 6.04 Å². The Bertz CT molecular complexity index is 2730.